The van der Waals surface area contributed by atoms with Crippen LogP contribution in [0.15, 0.2) is 24.4 Å². The van der Waals surface area contributed by atoms with Crippen molar-refractivity contribution in [1.82, 2.24) is 30.9 Å². The Hall–Kier alpha value is -3.63. The molecule has 0 aliphatic carbocycles. The van der Waals surface area contributed by atoms with Crippen LogP contribution < -0.4 is 25.4 Å². The summed E-state index contributed by atoms with van der Waals surface area (Å²) in [5.74, 6) is -0.240. The highest BCUT2D eigenvalue weighted by atomic mass is 16.5. The Morgan fingerprint density at radius 3 is 2.79 bits per heavy atom. The lowest BCUT2D eigenvalue weighted by atomic mass is 10.1. The van der Waals surface area contributed by atoms with Gasteiger partial charge in [-0.2, -0.15) is 0 Å². The van der Waals surface area contributed by atoms with Gasteiger partial charge in [0.15, 0.2) is 11.5 Å². The molecule has 2 atom stereocenters. The molecule has 0 saturated heterocycles. The van der Waals surface area contributed by atoms with Crippen LogP contribution in [-0.2, 0) is 22.7 Å². The summed E-state index contributed by atoms with van der Waals surface area (Å²) in [4.78, 5) is 38.4. The highest BCUT2D eigenvalue weighted by Gasteiger charge is 2.25. The highest BCUT2D eigenvalue weighted by Crippen LogP contribution is 2.28. The summed E-state index contributed by atoms with van der Waals surface area (Å²) >= 11 is 0. The van der Waals surface area contributed by atoms with Crippen molar-refractivity contribution >= 4 is 17.7 Å². The fraction of sp³-hybridized carbons (Fsp3) is 0.522. The van der Waals surface area contributed by atoms with E-state index < -0.39 is 23.9 Å². The summed E-state index contributed by atoms with van der Waals surface area (Å²) in [6.45, 7) is 4.72. The number of amides is 3. The third-order valence-electron chi connectivity index (χ3n) is 5.46. The molecule has 3 amide bonds. The third kappa shape index (κ3) is 6.69. The maximum atomic E-state index is 13.0. The maximum absolute atomic E-state index is 13.0. The van der Waals surface area contributed by atoms with E-state index in [2.05, 4.69) is 26.3 Å². The van der Waals surface area contributed by atoms with Gasteiger partial charge in [-0.05, 0) is 31.5 Å². The number of hydrogen-bond acceptors (Lipinski definition) is 7. The molecule has 1 aliphatic rings. The first-order chi connectivity index (χ1) is 16.4. The molecule has 0 radical (unpaired) electrons. The number of rotatable bonds is 4. The summed E-state index contributed by atoms with van der Waals surface area (Å²) in [5, 5.41) is 16.4. The standard InChI is InChI=1S/C23H32N6O5/c1-4-5-7-18-23(32)25-15(2)21(30)24-13-17-14-29(28-27-17)10-6-11-34-20-12-16(22(31)26-18)8-9-19(20)33-3/h8-9,12,14-15,18H,4-7,10-11,13H2,1-3H3,(H,24,30)(H,25,32)(H,26,31)/t15-,18+/m1/s1. The van der Waals surface area contributed by atoms with Gasteiger partial charge in [0.2, 0.25) is 11.8 Å². The Morgan fingerprint density at radius 1 is 1.21 bits per heavy atom. The van der Waals surface area contributed by atoms with Crippen LogP contribution in [0.4, 0.5) is 0 Å². The zero-order chi connectivity index (χ0) is 24.5. The SMILES string of the molecule is CCCC[C@@H]1NC(=O)c2ccc(OC)c(c2)OCCCn2cc(nn2)CNC(=O)[C@@H](C)NC1=O. The average molecular weight is 473 g/mol. The lowest BCUT2D eigenvalue weighted by Gasteiger charge is -2.21. The minimum Gasteiger partial charge on any atom is -0.493 e. The lowest BCUT2D eigenvalue weighted by molar-refractivity contribution is -0.129. The average Bonchev–Trinajstić information content (AvgIpc) is 3.29. The van der Waals surface area contributed by atoms with Crippen LogP contribution in [0, 0.1) is 0 Å². The second kappa shape index (κ2) is 12.0. The van der Waals surface area contributed by atoms with Crippen molar-refractivity contribution in [2.45, 2.75) is 64.7 Å². The molecule has 0 unspecified atom stereocenters. The minimum atomic E-state index is -0.786. The smallest absolute Gasteiger partial charge is 0.252 e. The summed E-state index contributed by atoms with van der Waals surface area (Å²) in [6.07, 6.45) is 4.44. The second-order valence-electron chi connectivity index (χ2n) is 8.16. The molecule has 184 valence electrons. The van der Waals surface area contributed by atoms with Crippen molar-refractivity contribution in [3.8, 4) is 11.5 Å². The molecule has 2 aromatic rings. The second-order valence-corrected chi connectivity index (χ2v) is 8.16. The van der Waals surface area contributed by atoms with Crippen LogP contribution >= 0.6 is 0 Å². The first-order valence-electron chi connectivity index (χ1n) is 11.5. The monoisotopic (exact) mass is 472 g/mol. The molecule has 0 fully saturated rings. The molecular formula is C23H32N6O5. The van der Waals surface area contributed by atoms with Gasteiger partial charge < -0.3 is 25.4 Å². The van der Waals surface area contributed by atoms with E-state index in [-0.39, 0.29) is 12.5 Å². The number of ether oxygens (including phenoxy) is 2. The van der Waals surface area contributed by atoms with Gasteiger partial charge in [0.25, 0.3) is 5.91 Å². The molecule has 34 heavy (non-hydrogen) atoms. The van der Waals surface area contributed by atoms with Crippen LogP contribution in [0.3, 0.4) is 0 Å². The Bertz CT molecular complexity index is 1010. The van der Waals surface area contributed by atoms with Gasteiger partial charge in [0.1, 0.15) is 17.8 Å². The first-order valence-corrected chi connectivity index (χ1v) is 11.5. The van der Waals surface area contributed by atoms with Crippen molar-refractivity contribution in [3.05, 3.63) is 35.7 Å². The number of carbonyl (C=O) groups is 3. The predicted octanol–water partition coefficient (Wildman–Crippen LogP) is 1.18. The van der Waals surface area contributed by atoms with Crippen molar-refractivity contribution in [1.29, 1.82) is 0 Å². The number of methoxy groups -OCH3 is 1. The zero-order valence-corrected chi connectivity index (χ0v) is 19.8. The largest absolute Gasteiger partial charge is 0.493 e. The summed E-state index contributed by atoms with van der Waals surface area (Å²) in [6, 6.07) is 3.30. The van der Waals surface area contributed by atoms with Crippen LogP contribution in [0.25, 0.3) is 0 Å². The molecule has 1 aromatic carbocycles. The maximum Gasteiger partial charge on any atom is 0.252 e. The number of fused-ring (bicyclic) bond motifs is 4. The van der Waals surface area contributed by atoms with Gasteiger partial charge in [-0.3, -0.25) is 19.1 Å². The number of nitrogens with one attached hydrogen (secondary N) is 3. The summed E-state index contributed by atoms with van der Waals surface area (Å²) in [5.41, 5.74) is 0.947. The predicted molar refractivity (Wildman–Crippen MR) is 123 cm³/mol. The lowest BCUT2D eigenvalue weighted by Crippen LogP contribution is -2.52. The zero-order valence-electron chi connectivity index (χ0n) is 19.8. The van der Waals surface area contributed by atoms with Gasteiger partial charge in [-0.1, -0.05) is 25.0 Å². The van der Waals surface area contributed by atoms with Gasteiger partial charge in [0.05, 0.1) is 26.5 Å². The Labute approximate surface area is 198 Å². The molecule has 11 nitrogen and oxygen atoms in total. The molecule has 4 bridgehead atoms. The van der Waals surface area contributed by atoms with E-state index >= 15 is 0 Å². The number of aromatic nitrogens is 3. The quantitative estimate of drug-likeness (QED) is 0.608. The van der Waals surface area contributed by atoms with Crippen molar-refractivity contribution in [2.24, 2.45) is 0 Å². The molecule has 3 N–H and O–H groups in total. The number of benzene rings is 1. The van der Waals surface area contributed by atoms with E-state index in [4.69, 9.17) is 9.47 Å². The van der Waals surface area contributed by atoms with E-state index in [9.17, 15) is 14.4 Å². The van der Waals surface area contributed by atoms with Crippen LogP contribution in [-0.4, -0.2) is 58.5 Å². The summed E-state index contributed by atoms with van der Waals surface area (Å²) in [7, 11) is 1.53. The van der Waals surface area contributed by atoms with E-state index in [0.29, 0.717) is 48.7 Å². The molecule has 1 aromatic heterocycles. The molecule has 3 rings (SSSR count). The molecule has 2 heterocycles. The van der Waals surface area contributed by atoms with E-state index in [1.807, 2.05) is 6.92 Å². The van der Waals surface area contributed by atoms with Gasteiger partial charge >= 0.3 is 0 Å². The Balaban J connectivity index is 1.85. The molecule has 0 spiro atoms. The summed E-state index contributed by atoms with van der Waals surface area (Å²) < 4.78 is 12.9. The normalized spacial score (nSPS) is 20.0. The molecule has 11 heteroatoms. The van der Waals surface area contributed by atoms with Crippen molar-refractivity contribution < 1.29 is 23.9 Å². The highest BCUT2D eigenvalue weighted by molar-refractivity contribution is 5.98. The van der Waals surface area contributed by atoms with Gasteiger partial charge in [-0.25, -0.2) is 0 Å². The van der Waals surface area contributed by atoms with Gasteiger partial charge in [-0.15, -0.1) is 5.10 Å². The van der Waals surface area contributed by atoms with Crippen LogP contribution in [0.2, 0.25) is 0 Å². The fourth-order valence-electron chi connectivity index (χ4n) is 3.50. The molecular weight excluding hydrogens is 440 g/mol. The molecule has 1 aliphatic heterocycles. The van der Waals surface area contributed by atoms with Crippen molar-refractivity contribution in [3.63, 3.8) is 0 Å². The number of unbranched alkanes of at least 4 members (excludes halogenated alkanes) is 1. The van der Waals surface area contributed by atoms with Gasteiger partial charge in [0, 0.05) is 18.5 Å². The topological polar surface area (TPSA) is 136 Å². The Morgan fingerprint density at radius 2 is 2.03 bits per heavy atom. The Kier molecular flexibility index (Phi) is 8.83. The van der Waals surface area contributed by atoms with Crippen LogP contribution in [0.5, 0.6) is 11.5 Å². The van der Waals surface area contributed by atoms with E-state index in [0.717, 1.165) is 12.8 Å². The number of aryl methyl sites for hydroxylation is 1. The third-order valence-corrected chi connectivity index (χ3v) is 5.46. The number of nitrogens with zero attached hydrogens (tertiary/aromatic N) is 3. The van der Waals surface area contributed by atoms with E-state index in [1.165, 1.54) is 7.11 Å². The molecule has 0 saturated carbocycles. The first kappa shape index (κ1) is 25.0. The van der Waals surface area contributed by atoms with E-state index in [1.54, 1.807) is 36.0 Å². The fourth-order valence-corrected chi connectivity index (χ4v) is 3.50. The van der Waals surface area contributed by atoms with Crippen LogP contribution in [0.1, 0.15) is 55.6 Å². The number of carbonyl (C=O) groups excluding carboxylic acids is 3. The van der Waals surface area contributed by atoms with Crippen molar-refractivity contribution in [2.75, 3.05) is 13.7 Å². The number of hydrogen-bond donors (Lipinski definition) is 3. The minimum absolute atomic E-state index is 0.189.